The molecule has 0 atom stereocenters. The third-order valence-electron chi connectivity index (χ3n) is 4.05. The Morgan fingerprint density at radius 3 is 2.44 bits per heavy atom. The van der Waals surface area contributed by atoms with Crippen LogP contribution in [0.25, 0.3) is 0 Å². The Balaban J connectivity index is 2.05. The minimum atomic E-state index is 0.298. The third kappa shape index (κ3) is 2.80. The van der Waals surface area contributed by atoms with Crippen LogP contribution in [0, 0.1) is 13.8 Å². The first-order valence-corrected chi connectivity index (χ1v) is 6.75. The number of aromatic nitrogens is 2. The van der Waals surface area contributed by atoms with Gasteiger partial charge in [0.1, 0.15) is 11.6 Å². The highest BCUT2D eigenvalue weighted by atomic mass is 15.2. The number of aryl methyl sites for hydroxylation is 2. The van der Waals surface area contributed by atoms with E-state index in [9.17, 15) is 0 Å². The van der Waals surface area contributed by atoms with Crippen molar-refractivity contribution in [1.29, 1.82) is 0 Å². The summed E-state index contributed by atoms with van der Waals surface area (Å²) >= 11 is 0. The van der Waals surface area contributed by atoms with E-state index in [1.165, 1.54) is 25.7 Å². The molecule has 2 rings (SSSR count). The van der Waals surface area contributed by atoms with Crippen molar-refractivity contribution < 1.29 is 0 Å². The van der Waals surface area contributed by atoms with Crippen LogP contribution in [0.5, 0.6) is 0 Å². The third-order valence-corrected chi connectivity index (χ3v) is 4.05. The summed E-state index contributed by atoms with van der Waals surface area (Å²) in [5, 5.41) is 3.50. The van der Waals surface area contributed by atoms with Gasteiger partial charge in [-0.15, -0.1) is 0 Å². The highest BCUT2D eigenvalue weighted by Crippen LogP contribution is 2.33. The molecule has 1 aliphatic carbocycles. The molecule has 0 bridgehead atoms. The fourth-order valence-electron chi connectivity index (χ4n) is 2.88. The van der Waals surface area contributed by atoms with Crippen LogP contribution in [0.1, 0.15) is 37.2 Å². The zero-order valence-electron chi connectivity index (χ0n) is 12.0. The minimum absolute atomic E-state index is 0.298. The van der Waals surface area contributed by atoms with Crippen LogP contribution in [0.3, 0.4) is 0 Å². The smallest absolute Gasteiger partial charge is 0.129 e. The van der Waals surface area contributed by atoms with Crippen molar-refractivity contribution in [2.24, 2.45) is 0 Å². The van der Waals surface area contributed by atoms with E-state index < -0.39 is 0 Å². The van der Waals surface area contributed by atoms with Crippen LogP contribution < -0.4 is 5.32 Å². The lowest BCUT2D eigenvalue weighted by molar-refractivity contribution is 0.172. The van der Waals surface area contributed by atoms with Gasteiger partial charge in [-0.05, 0) is 40.8 Å². The molecule has 1 heterocycles. The molecule has 1 aliphatic rings. The fourth-order valence-corrected chi connectivity index (χ4v) is 2.88. The van der Waals surface area contributed by atoms with Gasteiger partial charge in [0.05, 0.1) is 0 Å². The molecular formula is C14H24N4. The monoisotopic (exact) mass is 248 g/mol. The topological polar surface area (TPSA) is 41.0 Å². The number of likely N-dealkylation sites (N-methyl/N-ethyl adjacent to an activating group) is 1. The molecule has 1 fully saturated rings. The van der Waals surface area contributed by atoms with Gasteiger partial charge >= 0.3 is 0 Å². The van der Waals surface area contributed by atoms with E-state index in [2.05, 4.69) is 34.3 Å². The molecule has 0 radical (unpaired) electrons. The first-order chi connectivity index (χ1) is 8.52. The van der Waals surface area contributed by atoms with Crippen LogP contribution in [0.2, 0.25) is 0 Å². The number of nitrogens with one attached hydrogen (secondary N) is 1. The molecule has 1 saturated carbocycles. The van der Waals surface area contributed by atoms with Crippen molar-refractivity contribution in [3.05, 3.63) is 17.6 Å². The molecule has 1 N–H and O–H groups in total. The van der Waals surface area contributed by atoms with Gasteiger partial charge in [-0.3, -0.25) is 0 Å². The molecule has 4 heteroatoms. The van der Waals surface area contributed by atoms with Gasteiger partial charge in [0.15, 0.2) is 0 Å². The average Bonchev–Trinajstić information content (AvgIpc) is 2.75. The maximum atomic E-state index is 4.44. The summed E-state index contributed by atoms with van der Waals surface area (Å²) in [5.41, 5.74) is 1.32. The molecule has 1 aromatic heterocycles. The van der Waals surface area contributed by atoms with E-state index in [0.29, 0.717) is 5.54 Å². The van der Waals surface area contributed by atoms with Gasteiger partial charge in [0.2, 0.25) is 0 Å². The van der Waals surface area contributed by atoms with E-state index in [0.717, 1.165) is 23.9 Å². The maximum Gasteiger partial charge on any atom is 0.129 e. The van der Waals surface area contributed by atoms with Gasteiger partial charge in [-0.1, -0.05) is 12.8 Å². The molecule has 0 amide bonds. The molecule has 0 aliphatic heterocycles. The molecule has 1 aromatic rings. The van der Waals surface area contributed by atoms with Crippen LogP contribution in [0.15, 0.2) is 6.07 Å². The summed E-state index contributed by atoms with van der Waals surface area (Å²) < 4.78 is 0. The highest BCUT2D eigenvalue weighted by molar-refractivity contribution is 5.36. The lowest BCUT2D eigenvalue weighted by atomic mass is 9.96. The van der Waals surface area contributed by atoms with E-state index in [4.69, 9.17) is 0 Å². The number of hydrogen-bond donors (Lipinski definition) is 1. The second-order valence-corrected chi connectivity index (χ2v) is 5.62. The fraction of sp³-hybridized carbons (Fsp3) is 0.714. The second kappa shape index (κ2) is 5.22. The predicted molar refractivity (Wildman–Crippen MR) is 74.9 cm³/mol. The molecule has 100 valence electrons. The maximum absolute atomic E-state index is 4.44. The summed E-state index contributed by atoms with van der Waals surface area (Å²) in [5.74, 6) is 1.79. The Kier molecular flexibility index (Phi) is 3.85. The minimum Gasteiger partial charge on any atom is -0.368 e. The Labute approximate surface area is 110 Å². The average molecular weight is 248 g/mol. The van der Waals surface area contributed by atoms with Gasteiger partial charge in [0.25, 0.3) is 0 Å². The van der Waals surface area contributed by atoms with Gasteiger partial charge in [0, 0.05) is 23.8 Å². The van der Waals surface area contributed by atoms with E-state index in [1.54, 1.807) is 0 Å². The Morgan fingerprint density at radius 2 is 1.89 bits per heavy atom. The van der Waals surface area contributed by atoms with Gasteiger partial charge in [-0.2, -0.15) is 0 Å². The van der Waals surface area contributed by atoms with Crippen LogP contribution >= 0.6 is 0 Å². The standard InChI is InChI=1S/C14H24N4/c1-11-9-13(17-12(2)16-11)15-10-14(18(3)4)7-5-6-8-14/h9H,5-8,10H2,1-4H3,(H,15,16,17). The first-order valence-electron chi connectivity index (χ1n) is 6.75. The van der Waals surface area contributed by atoms with E-state index in [1.807, 2.05) is 19.9 Å². The SMILES string of the molecule is Cc1cc(NCC2(N(C)C)CCCC2)nc(C)n1. The van der Waals surface area contributed by atoms with E-state index >= 15 is 0 Å². The van der Waals surface area contributed by atoms with E-state index in [-0.39, 0.29) is 0 Å². The van der Waals surface area contributed by atoms with Crippen molar-refractivity contribution in [2.45, 2.75) is 45.1 Å². The highest BCUT2D eigenvalue weighted by Gasteiger charge is 2.35. The van der Waals surface area contributed by atoms with Crippen molar-refractivity contribution in [3.8, 4) is 0 Å². The number of rotatable bonds is 4. The first kappa shape index (κ1) is 13.3. The molecule has 0 saturated heterocycles. The van der Waals surface area contributed by atoms with Gasteiger partial charge in [-0.25, -0.2) is 9.97 Å². The quantitative estimate of drug-likeness (QED) is 0.888. The van der Waals surface area contributed by atoms with Crippen molar-refractivity contribution >= 4 is 5.82 Å². The second-order valence-electron chi connectivity index (χ2n) is 5.62. The Hall–Kier alpha value is -1.16. The molecular weight excluding hydrogens is 224 g/mol. The summed E-state index contributed by atoms with van der Waals surface area (Å²) in [6, 6.07) is 2.02. The predicted octanol–water partition coefficient (Wildman–Crippen LogP) is 2.38. The Morgan fingerprint density at radius 1 is 1.22 bits per heavy atom. The molecule has 0 unspecified atom stereocenters. The lowest BCUT2D eigenvalue weighted by Gasteiger charge is -2.36. The van der Waals surface area contributed by atoms with Crippen LogP contribution in [-0.4, -0.2) is 41.0 Å². The van der Waals surface area contributed by atoms with Crippen molar-refractivity contribution in [1.82, 2.24) is 14.9 Å². The largest absolute Gasteiger partial charge is 0.368 e. The zero-order valence-corrected chi connectivity index (χ0v) is 12.0. The van der Waals surface area contributed by atoms with Crippen LogP contribution in [0.4, 0.5) is 5.82 Å². The molecule has 0 spiro atoms. The van der Waals surface area contributed by atoms with Crippen molar-refractivity contribution in [3.63, 3.8) is 0 Å². The summed E-state index contributed by atoms with van der Waals surface area (Å²) in [7, 11) is 4.37. The number of anilines is 1. The number of nitrogens with zero attached hydrogens (tertiary/aromatic N) is 3. The molecule has 18 heavy (non-hydrogen) atoms. The summed E-state index contributed by atoms with van der Waals surface area (Å²) in [6.07, 6.45) is 5.22. The molecule has 4 nitrogen and oxygen atoms in total. The zero-order chi connectivity index (χ0) is 13.2. The van der Waals surface area contributed by atoms with Gasteiger partial charge < -0.3 is 10.2 Å². The lowest BCUT2D eigenvalue weighted by Crippen LogP contribution is -2.47. The summed E-state index contributed by atoms with van der Waals surface area (Å²) in [6.45, 7) is 4.92. The molecule has 0 aromatic carbocycles. The van der Waals surface area contributed by atoms with Crippen LogP contribution in [-0.2, 0) is 0 Å². The Bertz CT molecular complexity index is 388. The summed E-state index contributed by atoms with van der Waals surface area (Å²) in [4.78, 5) is 11.1. The normalized spacial score (nSPS) is 18.3. The number of hydrogen-bond acceptors (Lipinski definition) is 4. The van der Waals surface area contributed by atoms with Crippen molar-refractivity contribution in [2.75, 3.05) is 26.0 Å².